The average molecular weight is 250 g/mol. The number of hydrogen-bond acceptors (Lipinski definition) is 3. The Morgan fingerprint density at radius 2 is 1.50 bits per heavy atom. The van der Waals surface area contributed by atoms with Gasteiger partial charge in [0, 0.05) is 18.4 Å². The molecular formula is C12H27O3P. The van der Waals surface area contributed by atoms with Crippen molar-refractivity contribution >= 4 is 7.37 Å². The van der Waals surface area contributed by atoms with Crippen molar-refractivity contribution in [2.45, 2.75) is 58.7 Å². The molecule has 0 rings (SSSR count). The minimum Gasteiger partial charge on any atom is -0.376 e. The Labute approximate surface area is 100 Å². The maximum Gasteiger partial charge on any atom is 0.205 e. The van der Waals surface area contributed by atoms with Crippen molar-refractivity contribution < 1.29 is 13.8 Å². The van der Waals surface area contributed by atoms with E-state index < -0.39 is 7.37 Å². The van der Waals surface area contributed by atoms with Crippen LogP contribution in [0.25, 0.3) is 0 Å². The molecule has 0 fully saturated rings. The average Bonchev–Trinajstić information content (AvgIpc) is 1.98. The maximum absolute atomic E-state index is 12.1. The van der Waals surface area contributed by atoms with E-state index in [0.717, 1.165) is 6.42 Å². The summed E-state index contributed by atoms with van der Waals surface area (Å²) in [6.45, 7) is 14.7. The molecule has 0 saturated carbocycles. The monoisotopic (exact) mass is 250 g/mol. The minimum atomic E-state index is -2.51. The van der Waals surface area contributed by atoms with Crippen LogP contribution in [0.2, 0.25) is 0 Å². The number of hydrogen-bond donors (Lipinski definition) is 0. The van der Waals surface area contributed by atoms with Gasteiger partial charge in [-0.05, 0) is 27.2 Å². The molecule has 4 heteroatoms. The molecule has 0 bridgehead atoms. The summed E-state index contributed by atoms with van der Waals surface area (Å²) in [6, 6.07) is 0. The highest BCUT2D eigenvalue weighted by molar-refractivity contribution is 7.59. The Balaban J connectivity index is 3.80. The van der Waals surface area contributed by atoms with Crippen LogP contribution in [-0.4, -0.2) is 30.6 Å². The van der Waals surface area contributed by atoms with Crippen LogP contribution in [0.3, 0.4) is 0 Å². The fourth-order valence-electron chi connectivity index (χ4n) is 0.870. The molecule has 0 aromatic rings. The van der Waals surface area contributed by atoms with Gasteiger partial charge in [0.05, 0.1) is 12.2 Å². The van der Waals surface area contributed by atoms with Crippen molar-refractivity contribution in [3.05, 3.63) is 0 Å². The van der Waals surface area contributed by atoms with Gasteiger partial charge in [-0.25, -0.2) is 0 Å². The van der Waals surface area contributed by atoms with Crippen LogP contribution < -0.4 is 0 Å². The molecule has 0 heterocycles. The van der Waals surface area contributed by atoms with Crippen molar-refractivity contribution in [3.63, 3.8) is 0 Å². The molecule has 0 spiro atoms. The van der Waals surface area contributed by atoms with Crippen molar-refractivity contribution in [3.8, 4) is 0 Å². The lowest BCUT2D eigenvalue weighted by molar-refractivity contribution is -0.00763. The number of rotatable bonds is 5. The molecule has 0 aromatic heterocycles. The molecule has 0 aliphatic carbocycles. The van der Waals surface area contributed by atoms with E-state index in [0.29, 0.717) is 13.2 Å². The van der Waals surface area contributed by atoms with Crippen LogP contribution in [0, 0.1) is 0 Å². The third-order valence-corrected chi connectivity index (χ3v) is 5.49. The van der Waals surface area contributed by atoms with Gasteiger partial charge in [0.15, 0.2) is 0 Å². The lowest BCUT2D eigenvalue weighted by atomic mass is 10.2. The summed E-state index contributed by atoms with van der Waals surface area (Å²) >= 11 is 0. The highest BCUT2D eigenvalue weighted by Crippen LogP contribution is 2.55. The van der Waals surface area contributed by atoms with E-state index in [9.17, 15) is 4.57 Å². The third kappa shape index (κ3) is 6.67. The van der Waals surface area contributed by atoms with Crippen LogP contribution in [0.4, 0.5) is 0 Å². The van der Waals surface area contributed by atoms with Gasteiger partial charge in [-0.15, -0.1) is 0 Å². The molecule has 0 saturated heterocycles. The molecular weight excluding hydrogens is 223 g/mol. The summed E-state index contributed by atoms with van der Waals surface area (Å²) in [7, 11) is -2.51. The summed E-state index contributed by atoms with van der Waals surface area (Å²) in [6.07, 6.45) is 0.783. The van der Waals surface area contributed by atoms with Gasteiger partial charge in [0.1, 0.15) is 0 Å². The van der Waals surface area contributed by atoms with Gasteiger partial charge in [-0.2, -0.15) is 0 Å². The van der Waals surface area contributed by atoms with Crippen molar-refractivity contribution in [1.29, 1.82) is 0 Å². The molecule has 1 unspecified atom stereocenters. The van der Waals surface area contributed by atoms with Crippen LogP contribution in [-0.2, 0) is 13.8 Å². The van der Waals surface area contributed by atoms with E-state index in [4.69, 9.17) is 9.26 Å². The quantitative estimate of drug-likeness (QED) is 0.548. The topological polar surface area (TPSA) is 35.5 Å². The standard InChI is InChI=1S/C12H27O3P/c1-11(2,3)14-9-8-10-15-16(7,13)12(4,5)6/h8-10H2,1-7H3. The van der Waals surface area contributed by atoms with Crippen molar-refractivity contribution in [2.75, 3.05) is 19.9 Å². The Bertz CT molecular complexity index is 248. The lowest BCUT2D eigenvalue weighted by Gasteiger charge is -2.27. The zero-order chi connectivity index (χ0) is 13.0. The Morgan fingerprint density at radius 3 is 1.88 bits per heavy atom. The second-order valence-electron chi connectivity index (χ2n) is 6.16. The SMILES string of the molecule is CC(C)(C)OCCCOP(C)(=O)C(C)(C)C. The fraction of sp³-hybridized carbons (Fsp3) is 1.00. The molecule has 0 N–H and O–H groups in total. The highest BCUT2D eigenvalue weighted by Gasteiger charge is 2.32. The summed E-state index contributed by atoms with van der Waals surface area (Å²) in [4.78, 5) is 0. The largest absolute Gasteiger partial charge is 0.376 e. The zero-order valence-corrected chi connectivity index (χ0v) is 12.7. The van der Waals surface area contributed by atoms with E-state index in [1.807, 2.05) is 41.5 Å². The summed E-state index contributed by atoms with van der Waals surface area (Å²) in [5.74, 6) is 0. The van der Waals surface area contributed by atoms with E-state index in [1.54, 1.807) is 6.66 Å². The molecule has 1 atom stereocenters. The smallest absolute Gasteiger partial charge is 0.205 e. The molecule has 98 valence electrons. The molecule has 0 radical (unpaired) electrons. The summed E-state index contributed by atoms with van der Waals surface area (Å²) < 4.78 is 23.2. The first kappa shape index (κ1) is 16.1. The molecule has 0 amide bonds. The summed E-state index contributed by atoms with van der Waals surface area (Å²) in [5.41, 5.74) is -0.111. The first-order valence-corrected chi connectivity index (χ1v) is 7.89. The maximum atomic E-state index is 12.1. The van der Waals surface area contributed by atoms with E-state index >= 15 is 0 Å². The molecule has 16 heavy (non-hydrogen) atoms. The van der Waals surface area contributed by atoms with Gasteiger partial charge in [0.2, 0.25) is 7.37 Å². The highest BCUT2D eigenvalue weighted by atomic mass is 31.2. The van der Waals surface area contributed by atoms with Crippen molar-refractivity contribution in [2.24, 2.45) is 0 Å². The first-order chi connectivity index (χ1) is 6.96. The second kappa shape index (κ2) is 5.66. The Kier molecular flexibility index (Phi) is 5.71. The normalized spacial score (nSPS) is 17.2. The zero-order valence-electron chi connectivity index (χ0n) is 11.8. The third-order valence-electron chi connectivity index (χ3n) is 2.38. The van der Waals surface area contributed by atoms with Crippen LogP contribution >= 0.6 is 7.37 Å². The first-order valence-electron chi connectivity index (χ1n) is 5.82. The predicted molar refractivity (Wildman–Crippen MR) is 69.6 cm³/mol. The van der Waals surface area contributed by atoms with Gasteiger partial charge >= 0.3 is 0 Å². The summed E-state index contributed by atoms with van der Waals surface area (Å²) in [5, 5.41) is -0.280. The minimum absolute atomic E-state index is 0.111. The molecule has 3 nitrogen and oxygen atoms in total. The number of ether oxygens (including phenoxy) is 1. The van der Waals surface area contributed by atoms with Gasteiger partial charge < -0.3 is 9.26 Å². The van der Waals surface area contributed by atoms with Crippen molar-refractivity contribution in [1.82, 2.24) is 0 Å². The second-order valence-corrected chi connectivity index (χ2v) is 9.46. The van der Waals surface area contributed by atoms with E-state index in [2.05, 4.69) is 0 Å². The molecule has 0 aliphatic heterocycles. The fourth-order valence-corrected chi connectivity index (χ4v) is 1.73. The van der Waals surface area contributed by atoms with E-state index in [-0.39, 0.29) is 10.8 Å². The van der Waals surface area contributed by atoms with Gasteiger partial charge in [-0.3, -0.25) is 4.57 Å². The lowest BCUT2D eigenvalue weighted by Crippen LogP contribution is -2.21. The van der Waals surface area contributed by atoms with Crippen LogP contribution in [0.1, 0.15) is 48.0 Å². The van der Waals surface area contributed by atoms with Gasteiger partial charge in [-0.1, -0.05) is 20.8 Å². The van der Waals surface area contributed by atoms with Gasteiger partial charge in [0.25, 0.3) is 0 Å². The molecule has 0 aromatic carbocycles. The Morgan fingerprint density at radius 1 is 1.00 bits per heavy atom. The van der Waals surface area contributed by atoms with E-state index in [1.165, 1.54) is 0 Å². The molecule has 0 aliphatic rings. The van der Waals surface area contributed by atoms with Crippen LogP contribution in [0.15, 0.2) is 0 Å². The predicted octanol–water partition coefficient (Wildman–Crippen LogP) is 3.91. The Hall–Kier alpha value is 0.150. The van der Waals surface area contributed by atoms with Crippen LogP contribution in [0.5, 0.6) is 0 Å².